The molecule has 1 aliphatic heterocycles. The van der Waals surface area contributed by atoms with Gasteiger partial charge in [-0.2, -0.15) is 0 Å². The fourth-order valence-corrected chi connectivity index (χ4v) is 2.93. The lowest BCUT2D eigenvalue weighted by molar-refractivity contribution is -0.143. The summed E-state index contributed by atoms with van der Waals surface area (Å²) < 4.78 is 19.9. The van der Waals surface area contributed by atoms with Gasteiger partial charge in [0.1, 0.15) is 37.6 Å². The number of benzene rings is 1. The highest BCUT2D eigenvalue weighted by Gasteiger charge is 2.26. The zero-order valence-corrected chi connectivity index (χ0v) is 16.2. The number of nitrogens with one attached hydrogen (secondary N) is 1. The minimum Gasteiger partial charge on any atom is -0.460 e. The van der Waals surface area contributed by atoms with Crippen LogP contribution in [-0.2, 0) is 21.0 Å². The summed E-state index contributed by atoms with van der Waals surface area (Å²) in [7, 11) is 1.47. The Balaban J connectivity index is 1.81. The number of pyridine rings is 1. The van der Waals surface area contributed by atoms with Crippen molar-refractivity contribution in [2.75, 3.05) is 25.1 Å². The van der Waals surface area contributed by atoms with Gasteiger partial charge in [0.25, 0.3) is 0 Å². The van der Waals surface area contributed by atoms with Gasteiger partial charge in [-0.1, -0.05) is 23.4 Å². The molecule has 3 N–H and O–H groups in total. The first-order valence-electron chi connectivity index (χ1n) is 8.90. The summed E-state index contributed by atoms with van der Waals surface area (Å²) in [5.41, 5.74) is 7.13. The fourth-order valence-electron chi connectivity index (χ4n) is 2.93. The van der Waals surface area contributed by atoms with Gasteiger partial charge in [-0.25, -0.2) is 9.24 Å². The number of hydrogen-bond acceptors (Lipinski definition) is 7. The lowest BCUT2D eigenvalue weighted by atomic mass is 10.0. The Kier molecular flexibility index (Phi) is 6.22. The van der Waals surface area contributed by atoms with Crippen LogP contribution in [0, 0.1) is 17.8 Å². The van der Waals surface area contributed by atoms with Crippen LogP contribution in [0.4, 0.5) is 15.9 Å². The third kappa shape index (κ3) is 4.52. The number of hydrogen-bond donors (Lipinski definition) is 2. The van der Waals surface area contributed by atoms with E-state index in [0.717, 1.165) is 5.71 Å². The number of carbonyl (C=O) groups is 1. The van der Waals surface area contributed by atoms with Gasteiger partial charge >= 0.3 is 5.97 Å². The molecular formula is C20H19FN6O3. The van der Waals surface area contributed by atoms with E-state index in [-0.39, 0.29) is 30.0 Å². The molecule has 0 saturated carbocycles. The molecule has 9 nitrogen and oxygen atoms in total. The average Bonchev–Trinajstić information content (AvgIpc) is 2.69. The maximum absolute atomic E-state index is 15.0. The molecule has 0 spiro atoms. The van der Waals surface area contributed by atoms with E-state index < -0.39 is 11.8 Å². The lowest BCUT2D eigenvalue weighted by Crippen LogP contribution is -2.48. The van der Waals surface area contributed by atoms with E-state index >= 15 is 0 Å². The zero-order chi connectivity index (χ0) is 21.7. The summed E-state index contributed by atoms with van der Waals surface area (Å²) >= 11 is 0. The number of anilines is 1. The Hall–Kier alpha value is -4.00. The lowest BCUT2D eigenvalue weighted by Gasteiger charge is -2.33. The van der Waals surface area contributed by atoms with E-state index in [1.165, 1.54) is 19.4 Å². The monoisotopic (exact) mass is 410 g/mol. The number of nitrogens with two attached hydrogens (primary N) is 1. The van der Waals surface area contributed by atoms with Crippen LogP contribution < -0.4 is 10.6 Å². The molecule has 30 heavy (non-hydrogen) atoms. The smallest absolute Gasteiger partial charge is 0.313 e. The average molecular weight is 410 g/mol. The van der Waals surface area contributed by atoms with E-state index in [1.807, 2.05) is 4.90 Å². The van der Waals surface area contributed by atoms with Crippen molar-refractivity contribution >= 4 is 29.0 Å². The summed E-state index contributed by atoms with van der Waals surface area (Å²) in [4.78, 5) is 26.0. The highest BCUT2D eigenvalue weighted by Crippen LogP contribution is 2.34. The SMILES string of the molecule is [C-]#[N+]c1cc(-c2cccc(COC(=O)CC(=N)N)c2F)cnc1N1CC(=NOC)C1. The summed E-state index contributed by atoms with van der Waals surface area (Å²) in [6.07, 6.45) is 1.15. The molecule has 1 aliphatic rings. The van der Waals surface area contributed by atoms with Crippen molar-refractivity contribution in [1.82, 2.24) is 4.98 Å². The predicted molar refractivity (Wildman–Crippen MR) is 109 cm³/mol. The predicted octanol–water partition coefficient (Wildman–Crippen LogP) is 2.63. The third-order valence-corrected chi connectivity index (χ3v) is 4.35. The van der Waals surface area contributed by atoms with Crippen molar-refractivity contribution in [2.45, 2.75) is 13.0 Å². The largest absolute Gasteiger partial charge is 0.460 e. The normalized spacial score (nSPS) is 12.6. The van der Waals surface area contributed by atoms with E-state index in [1.54, 1.807) is 18.2 Å². The van der Waals surface area contributed by atoms with E-state index in [0.29, 0.717) is 30.2 Å². The molecule has 2 heterocycles. The van der Waals surface area contributed by atoms with Crippen LogP contribution in [0.2, 0.25) is 0 Å². The number of esters is 1. The Morgan fingerprint density at radius 2 is 2.23 bits per heavy atom. The van der Waals surface area contributed by atoms with Crippen LogP contribution in [0.15, 0.2) is 35.6 Å². The molecular weight excluding hydrogens is 391 g/mol. The molecule has 0 amide bonds. The van der Waals surface area contributed by atoms with Gasteiger partial charge in [0.15, 0.2) is 0 Å². The number of oxime groups is 1. The quantitative estimate of drug-likeness (QED) is 0.238. The minimum atomic E-state index is -0.709. The minimum absolute atomic E-state index is 0.168. The fraction of sp³-hybridized carbons (Fsp3) is 0.250. The van der Waals surface area contributed by atoms with Gasteiger partial charge in [0.05, 0.1) is 25.4 Å². The maximum Gasteiger partial charge on any atom is 0.313 e. The van der Waals surface area contributed by atoms with E-state index in [4.69, 9.17) is 27.3 Å². The van der Waals surface area contributed by atoms with Crippen molar-refractivity contribution in [2.24, 2.45) is 10.9 Å². The Bertz CT molecular complexity index is 1050. The standard InChI is InChI=1S/C20H19FN6O3/c1-24-16-6-13(8-25-20(16)27-9-14(10-27)26-29-2)15-5-3-4-12(19(15)21)11-30-18(28)7-17(22)23/h3-6,8H,7,9-11H2,2H3,(H3,22,23). The van der Waals surface area contributed by atoms with Crippen LogP contribution in [0.5, 0.6) is 0 Å². The third-order valence-electron chi connectivity index (χ3n) is 4.35. The molecule has 0 radical (unpaired) electrons. The Morgan fingerprint density at radius 3 is 2.90 bits per heavy atom. The molecule has 2 aromatic rings. The van der Waals surface area contributed by atoms with Crippen LogP contribution in [0.1, 0.15) is 12.0 Å². The molecule has 0 aliphatic carbocycles. The van der Waals surface area contributed by atoms with Gasteiger partial charge in [-0.05, 0) is 11.6 Å². The maximum atomic E-state index is 15.0. The molecule has 10 heteroatoms. The van der Waals surface area contributed by atoms with E-state index in [2.05, 4.69) is 15.0 Å². The van der Waals surface area contributed by atoms with Crippen LogP contribution >= 0.6 is 0 Å². The Morgan fingerprint density at radius 1 is 1.47 bits per heavy atom. The molecule has 1 aromatic carbocycles. The van der Waals surface area contributed by atoms with Crippen molar-refractivity contribution in [3.63, 3.8) is 0 Å². The van der Waals surface area contributed by atoms with Gasteiger partial charge in [-0.15, -0.1) is 0 Å². The highest BCUT2D eigenvalue weighted by atomic mass is 19.1. The van der Waals surface area contributed by atoms with Crippen molar-refractivity contribution < 1.29 is 18.8 Å². The summed E-state index contributed by atoms with van der Waals surface area (Å²) in [5, 5.41) is 10.9. The second-order valence-corrected chi connectivity index (χ2v) is 6.52. The topological polar surface area (TPSA) is 118 Å². The van der Waals surface area contributed by atoms with Crippen LogP contribution in [0.25, 0.3) is 16.0 Å². The molecule has 0 unspecified atom stereocenters. The van der Waals surface area contributed by atoms with Crippen molar-refractivity contribution in [3.05, 3.63) is 53.3 Å². The van der Waals surface area contributed by atoms with Crippen LogP contribution in [0.3, 0.4) is 0 Å². The number of carbonyl (C=O) groups excluding carboxylic acids is 1. The molecule has 3 rings (SSSR count). The zero-order valence-electron chi connectivity index (χ0n) is 16.2. The number of ether oxygens (including phenoxy) is 1. The number of nitrogens with zero attached hydrogens (tertiary/aromatic N) is 4. The number of halogens is 1. The Labute approximate surface area is 172 Å². The second kappa shape index (κ2) is 9.00. The summed E-state index contributed by atoms with van der Waals surface area (Å²) in [6, 6.07) is 6.26. The van der Waals surface area contributed by atoms with Crippen molar-refractivity contribution in [1.29, 1.82) is 5.41 Å². The summed E-state index contributed by atoms with van der Waals surface area (Å²) in [6.45, 7) is 8.19. The van der Waals surface area contributed by atoms with Gasteiger partial charge in [-0.3, -0.25) is 15.2 Å². The first-order chi connectivity index (χ1) is 14.4. The second-order valence-electron chi connectivity index (χ2n) is 6.52. The van der Waals surface area contributed by atoms with Gasteiger partial charge < -0.3 is 20.2 Å². The molecule has 0 atom stereocenters. The first kappa shape index (κ1) is 20.7. The van der Waals surface area contributed by atoms with Gasteiger partial charge in [0.2, 0.25) is 5.69 Å². The van der Waals surface area contributed by atoms with Crippen LogP contribution in [-0.4, -0.2) is 42.7 Å². The molecule has 1 fully saturated rings. The molecule has 1 aromatic heterocycles. The number of amidine groups is 1. The van der Waals surface area contributed by atoms with Gasteiger partial charge in [0, 0.05) is 17.3 Å². The highest BCUT2D eigenvalue weighted by molar-refractivity contribution is 6.00. The molecule has 0 bridgehead atoms. The number of aromatic nitrogens is 1. The van der Waals surface area contributed by atoms with E-state index in [9.17, 15) is 9.18 Å². The first-order valence-corrected chi connectivity index (χ1v) is 8.90. The molecule has 1 saturated heterocycles. The molecule has 154 valence electrons. The van der Waals surface area contributed by atoms with Crippen molar-refractivity contribution in [3.8, 4) is 11.1 Å². The number of rotatable bonds is 7. The summed E-state index contributed by atoms with van der Waals surface area (Å²) in [5.74, 6) is -1.11.